The fourth-order valence-electron chi connectivity index (χ4n) is 0.685. The Hall–Kier alpha value is -0.773. The standard InChI is InChI=1S/C12H25NO2Si/c1-10(2)14-9-13-11(3)15-16(7,8)12(4,5)6/h9-10H,3H2,1-2,4-8H3. The van der Waals surface area contributed by atoms with Crippen LogP contribution in [0.4, 0.5) is 0 Å². The molecule has 0 heterocycles. The molecule has 0 saturated carbocycles. The zero-order chi connectivity index (χ0) is 13.0. The van der Waals surface area contributed by atoms with E-state index < -0.39 is 8.32 Å². The third-order valence-electron chi connectivity index (χ3n) is 2.71. The molecule has 0 aliphatic heterocycles. The number of aliphatic imine (C=N–C) groups is 1. The van der Waals surface area contributed by atoms with Crippen LogP contribution < -0.4 is 0 Å². The molecule has 0 aromatic carbocycles. The summed E-state index contributed by atoms with van der Waals surface area (Å²) in [7, 11) is -1.81. The molecule has 0 unspecified atom stereocenters. The Morgan fingerprint density at radius 1 is 1.31 bits per heavy atom. The molecule has 94 valence electrons. The van der Waals surface area contributed by atoms with Crippen LogP contribution in [0.3, 0.4) is 0 Å². The molecule has 4 heteroatoms. The minimum Gasteiger partial charge on any atom is -0.531 e. The molecule has 0 spiro atoms. The van der Waals surface area contributed by atoms with Crippen molar-refractivity contribution in [2.75, 3.05) is 0 Å². The number of hydrogen-bond donors (Lipinski definition) is 0. The predicted molar refractivity (Wildman–Crippen MR) is 72.1 cm³/mol. The van der Waals surface area contributed by atoms with Crippen molar-refractivity contribution in [2.45, 2.75) is 58.9 Å². The fourth-order valence-corrected chi connectivity index (χ4v) is 1.63. The highest BCUT2D eigenvalue weighted by atomic mass is 28.4. The Morgan fingerprint density at radius 3 is 2.19 bits per heavy atom. The third-order valence-corrected chi connectivity index (χ3v) is 7.07. The van der Waals surface area contributed by atoms with Gasteiger partial charge in [0.15, 0.2) is 12.3 Å². The van der Waals surface area contributed by atoms with Gasteiger partial charge in [0.1, 0.15) is 0 Å². The van der Waals surface area contributed by atoms with Crippen molar-refractivity contribution < 1.29 is 9.16 Å². The van der Waals surface area contributed by atoms with E-state index >= 15 is 0 Å². The van der Waals surface area contributed by atoms with Gasteiger partial charge in [-0.15, -0.1) is 0 Å². The number of nitrogens with zero attached hydrogens (tertiary/aromatic N) is 1. The number of hydrogen-bond acceptors (Lipinski definition) is 3. The molecule has 0 aliphatic rings. The van der Waals surface area contributed by atoms with E-state index in [1.165, 1.54) is 6.40 Å². The summed E-state index contributed by atoms with van der Waals surface area (Å²) < 4.78 is 11.0. The molecular formula is C12H25NO2Si. The van der Waals surface area contributed by atoms with Crippen molar-refractivity contribution in [3.8, 4) is 0 Å². The molecule has 0 bridgehead atoms. The zero-order valence-corrected chi connectivity index (χ0v) is 12.6. The van der Waals surface area contributed by atoms with Gasteiger partial charge in [0.05, 0.1) is 6.10 Å². The molecule has 0 saturated heterocycles. The lowest BCUT2D eigenvalue weighted by Crippen LogP contribution is -2.40. The van der Waals surface area contributed by atoms with Crippen LogP contribution in [0.15, 0.2) is 17.5 Å². The van der Waals surface area contributed by atoms with Gasteiger partial charge in [0, 0.05) is 0 Å². The van der Waals surface area contributed by atoms with E-state index in [0.29, 0.717) is 5.88 Å². The summed E-state index contributed by atoms with van der Waals surface area (Å²) in [5, 5.41) is 0.157. The average molecular weight is 243 g/mol. The van der Waals surface area contributed by atoms with Crippen LogP contribution in [0.2, 0.25) is 18.1 Å². The van der Waals surface area contributed by atoms with Gasteiger partial charge in [-0.1, -0.05) is 20.8 Å². The van der Waals surface area contributed by atoms with Gasteiger partial charge in [0.25, 0.3) is 8.32 Å². The molecule has 0 aromatic rings. The molecule has 0 atom stereocenters. The Labute approximate surface area is 101 Å². The zero-order valence-electron chi connectivity index (χ0n) is 11.6. The maximum atomic E-state index is 5.85. The lowest BCUT2D eigenvalue weighted by molar-refractivity contribution is 0.239. The van der Waals surface area contributed by atoms with E-state index in [4.69, 9.17) is 9.16 Å². The van der Waals surface area contributed by atoms with Gasteiger partial charge in [-0.2, -0.15) is 4.99 Å². The summed E-state index contributed by atoms with van der Waals surface area (Å²) >= 11 is 0. The van der Waals surface area contributed by atoms with E-state index in [1.54, 1.807) is 0 Å². The van der Waals surface area contributed by atoms with Gasteiger partial charge in [-0.25, -0.2) is 0 Å². The Balaban J connectivity index is 4.30. The van der Waals surface area contributed by atoms with E-state index in [9.17, 15) is 0 Å². The van der Waals surface area contributed by atoms with Crippen molar-refractivity contribution >= 4 is 14.7 Å². The van der Waals surface area contributed by atoms with Gasteiger partial charge < -0.3 is 9.16 Å². The van der Waals surface area contributed by atoms with E-state index in [0.717, 1.165) is 0 Å². The largest absolute Gasteiger partial charge is 0.531 e. The second kappa shape index (κ2) is 5.52. The van der Waals surface area contributed by atoms with E-state index in [2.05, 4.69) is 45.4 Å². The molecular weight excluding hydrogens is 218 g/mol. The molecule has 0 rings (SSSR count). The second-order valence-electron chi connectivity index (χ2n) is 5.68. The minimum absolute atomic E-state index is 0.129. The van der Waals surface area contributed by atoms with Gasteiger partial charge in [0.2, 0.25) is 0 Å². The summed E-state index contributed by atoms with van der Waals surface area (Å²) in [5.74, 6) is 0.437. The fraction of sp³-hybridized carbons (Fsp3) is 0.750. The maximum Gasteiger partial charge on any atom is 0.252 e. The average Bonchev–Trinajstić information content (AvgIpc) is 1.99. The van der Waals surface area contributed by atoms with Crippen molar-refractivity contribution in [1.29, 1.82) is 0 Å². The molecule has 0 amide bonds. The first kappa shape index (κ1) is 15.2. The molecule has 0 N–H and O–H groups in total. The SMILES string of the molecule is C=C(N=COC(C)C)O[Si](C)(C)C(C)(C)C. The third kappa shape index (κ3) is 5.35. The van der Waals surface area contributed by atoms with Crippen molar-refractivity contribution in [3.05, 3.63) is 12.5 Å². The van der Waals surface area contributed by atoms with Crippen LogP contribution in [0.25, 0.3) is 0 Å². The topological polar surface area (TPSA) is 30.8 Å². The second-order valence-corrected chi connectivity index (χ2v) is 10.4. The predicted octanol–water partition coefficient (Wildman–Crippen LogP) is 3.93. The van der Waals surface area contributed by atoms with Crippen LogP contribution in [-0.2, 0) is 9.16 Å². The van der Waals surface area contributed by atoms with Gasteiger partial charge in [-0.05, 0) is 38.6 Å². The Bertz CT molecular complexity index is 265. The number of ether oxygens (including phenoxy) is 1. The van der Waals surface area contributed by atoms with E-state index in [-0.39, 0.29) is 11.1 Å². The first-order valence-corrected chi connectivity index (χ1v) is 8.53. The molecule has 0 fully saturated rings. The molecule has 0 aliphatic carbocycles. The Morgan fingerprint density at radius 2 is 1.81 bits per heavy atom. The van der Waals surface area contributed by atoms with E-state index in [1.807, 2.05) is 13.8 Å². The van der Waals surface area contributed by atoms with Gasteiger partial charge in [-0.3, -0.25) is 0 Å². The number of rotatable bonds is 5. The summed E-state index contributed by atoms with van der Waals surface area (Å²) in [6, 6.07) is 0. The highest BCUT2D eigenvalue weighted by molar-refractivity contribution is 6.74. The smallest absolute Gasteiger partial charge is 0.252 e. The quantitative estimate of drug-likeness (QED) is 0.317. The highest BCUT2D eigenvalue weighted by Crippen LogP contribution is 2.37. The van der Waals surface area contributed by atoms with Gasteiger partial charge >= 0.3 is 0 Å². The summed E-state index contributed by atoms with van der Waals surface area (Å²) in [6.45, 7) is 18.6. The summed E-state index contributed by atoms with van der Waals surface area (Å²) in [6.07, 6.45) is 1.53. The lowest BCUT2D eigenvalue weighted by Gasteiger charge is -2.35. The van der Waals surface area contributed by atoms with Crippen LogP contribution in [0.5, 0.6) is 0 Å². The highest BCUT2D eigenvalue weighted by Gasteiger charge is 2.39. The molecule has 3 nitrogen and oxygen atoms in total. The molecule has 16 heavy (non-hydrogen) atoms. The first-order valence-electron chi connectivity index (χ1n) is 5.62. The first-order chi connectivity index (χ1) is 7.06. The summed E-state index contributed by atoms with van der Waals surface area (Å²) in [4.78, 5) is 4.03. The van der Waals surface area contributed by atoms with Crippen molar-refractivity contribution in [2.24, 2.45) is 4.99 Å². The lowest BCUT2D eigenvalue weighted by atomic mass is 10.2. The van der Waals surface area contributed by atoms with Crippen LogP contribution in [-0.4, -0.2) is 20.8 Å². The monoisotopic (exact) mass is 243 g/mol. The Kier molecular flexibility index (Phi) is 5.26. The van der Waals surface area contributed by atoms with Crippen molar-refractivity contribution in [1.82, 2.24) is 0 Å². The summed E-state index contributed by atoms with van der Waals surface area (Å²) in [5.41, 5.74) is 0. The van der Waals surface area contributed by atoms with Crippen LogP contribution >= 0.6 is 0 Å². The molecule has 0 radical (unpaired) electrons. The van der Waals surface area contributed by atoms with Crippen LogP contribution in [0, 0.1) is 0 Å². The molecule has 0 aromatic heterocycles. The maximum absolute atomic E-state index is 5.85. The van der Waals surface area contributed by atoms with Crippen LogP contribution in [0.1, 0.15) is 34.6 Å². The minimum atomic E-state index is -1.81. The van der Waals surface area contributed by atoms with Crippen molar-refractivity contribution in [3.63, 3.8) is 0 Å². The normalized spacial score (nSPS) is 13.2.